The van der Waals surface area contributed by atoms with Crippen LogP contribution in [-0.2, 0) is 6.42 Å². The molecule has 4 heteroatoms. The van der Waals surface area contributed by atoms with Crippen LogP contribution in [0.3, 0.4) is 0 Å². The first kappa shape index (κ1) is 8.97. The minimum atomic E-state index is 0.231. The molecular weight excluding hydrogens is 182 g/mol. The quantitative estimate of drug-likeness (QED) is 0.742. The highest BCUT2D eigenvalue weighted by molar-refractivity contribution is 7.15. The topological polar surface area (TPSA) is 42.2 Å². The minimum Gasteiger partial charge on any atom is -0.354 e. The molecule has 0 spiro atoms. The normalized spacial score (nSPS) is 21.3. The number of nitrogens with zero attached hydrogens (tertiary/aromatic N) is 2. The molecule has 3 nitrogen and oxygen atoms in total. The molecule has 1 aromatic rings. The Balaban J connectivity index is 2.36. The smallest absolute Gasteiger partial charge is 0.185 e. The van der Waals surface area contributed by atoms with Crippen molar-refractivity contribution in [3.63, 3.8) is 0 Å². The molecule has 0 aromatic carbocycles. The van der Waals surface area contributed by atoms with Gasteiger partial charge in [0.15, 0.2) is 5.13 Å². The van der Waals surface area contributed by atoms with E-state index < -0.39 is 0 Å². The maximum absolute atomic E-state index is 6.01. The lowest BCUT2D eigenvalue weighted by Gasteiger charge is -2.15. The van der Waals surface area contributed by atoms with E-state index in [1.54, 1.807) is 11.3 Å². The Morgan fingerprint density at radius 1 is 1.54 bits per heavy atom. The summed E-state index contributed by atoms with van der Waals surface area (Å²) in [6.45, 7) is 0. The highest BCUT2D eigenvalue weighted by atomic mass is 32.1. The van der Waals surface area contributed by atoms with E-state index in [1.807, 2.05) is 14.1 Å². The number of hydrogen-bond donors (Lipinski definition) is 1. The molecule has 1 aliphatic carbocycles. The fraction of sp³-hybridized carbons (Fsp3) is 0.667. The van der Waals surface area contributed by atoms with Crippen molar-refractivity contribution in [2.75, 3.05) is 19.0 Å². The summed E-state index contributed by atoms with van der Waals surface area (Å²) in [4.78, 5) is 7.92. The molecule has 0 radical (unpaired) electrons. The molecule has 0 saturated carbocycles. The van der Waals surface area contributed by atoms with Crippen molar-refractivity contribution in [3.05, 3.63) is 10.6 Å². The number of fused-ring (bicyclic) bond motifs is 1. The molecule has 0 aliphatic heterocycles. The van der Waals surface area contributed by atoms with Crippen molar-refractivity contribution in [1.29, 1.82) is 0 Å². The Kier molecular flexibility index (Phi) is 2.26. The monoisotopic (exact) mass is 197 g/mol. The molecule has 2 N–H and O–H groups in total. The summed E-state index contributed by atoms with van der Waals surface area (Å²) in [5.74, 6) is 0. The second kappa shape index (κ2) is 3.27. The number of rotatable bonds is 1. The second-order valence-electron chi connectivity index (χ2n) is 3.70. The van der Waals surface area contributed by atoms with Crippen LogP contribution in [0.4, 0.5) is 5.13 Å². The fourth-order valence-electron chi connectivity index (χ4n) is 1.63. The largest absolute Gasteiger partial charge is 0.354 e. The standard InChI is InChI=1S/C9H15N3S/c1-12(2)9-11-7-5-3-4-6(10)8(7)13-9/h6H,3-5,10H2,1-2H3. The van der Waals surface area contributed by atoms with Gasteiger partial charge in [0.1, 0.15) is 0 Å². The lowest BCUT2D eigenvalue weighted by atomic mass is 9.99. The van der Waals surface area contributed by atoms with Gasteiger partial charge in [0.25, 0.3) is 0 Å². The first-order valence-electron chi connectivity index (χ1n) is 4.61. The molecular formula is C9H15N3S. The summed E-state index contributed by atoms with van der Waals surface area (Å²) in [6.07, 6.45) is 3.40. The third-order valence-corrected chi connectivity index (χ3v) is 3.76. The molecule has 0 saturated heterocycles. The van der Waals surface area contributed by atoms with Gasteiger partial charge in [-0.15, -0.1) is 11.3 Å². The second-order valence-corrected chi connectivity index (χ2v) is 4.71. The highest BCUT2D eigenvalue weighted by Crippen LogP contribution is 2.35. The van der Waals surface area contributed by atoms with Gasteiger partial charge in [0.05, 0.1) is 5.69 Å². The van der Waals surface area contributed by atoms with Gasteiger partial charge in [-0.1, -0.05) is 0 Å². The predicted octanol–water partition coefficient (Wildman–Crippen LogP) is 1.55. The van der Waals surface area contributed by atoms with E-state index in [1.165, 1.54) is 17.0 Å². The van der Waals surface area contributed by atoms with E-state index in [2.05, 4.69) is 9.88 Å². The van der Waals surface area contributed by atoms with Crippen LogP contribution in [-0.4, -0.2) is 19.1 Å². The summed E-state index contributed by atoms with van der Waals surface area (Å²) < 4.78 is 0. The van der Waals surface area contributed by atoms with Gasteiger partial charge in [-0.2, -0.15) is 0 Å². The van der Waals surface area contributed by atoms with Crippen LogP contribution in [0.25, 0.3) is 0 Å². The zero-order valence-electron chi connectivity index (χ0n) is 8.08. The first-order valence-corrected chi connectivity index (χ1v) is 5.42. The van der Waals surface area contributed by atoms with E-state index in [9.17, 15) is 0 Å². The Labute approximate surface area is 82.6 Å². The van der Waals surface area contributed by atoms with E-state index in [4.69, 9.17) is 5.73 Å². The zero-order chi connectivity index (χ0) is 9.42. The van der Waals surface area contributed by atoms with E-state index >= 15 is 0 Å². The van der Waals surface area contributed by atoms with Crippen molar-refractivity contribution < 1.29 is 0 Å². The van der Waals surface area contributed by atoms with Crippen LogP contribution in [0, 0.1) is 0 Å². The van der Waals surface area contributed by atoms with Crippen molar-refractivity contribution in [3.8, 4) is 0 Å². The number of anilines is 1. The van der Waals surface area contributed by atoms with E-state index in [0.29, 0.717) is 0 Å². The van der Waals surface area contributed by atoms with E-state index in [-0.39, 0.29) is 6.04 Å². The van der Waals surface area contributed by atoms with E-state index in [0.717, 1.165) is 18.0 Å². The van der Waals surface area contributed by atoms with Crippen molar-refractivity contribution in [2.45, 2.75) is 25.3 Å². The molecule has 1 unspecified atom stereocenters. The number of aromatic nitrogens is 1. The number of aryl methyl sites for hydroxylation is 1. The summed E-state index contributed by atoms with van der Waals surface area (Å²) in [7, 11) is 4.05. The lowest BCUT2D eigenvalue weighted by Crippen LogP contribution is -2.15. The number of hydrogen-bond acceptors (Lipinski definition) is 4. The van der Waals surface area contributed by atoms with Crippen LogP contribution >= 0.6 is 11.3 Å². The molecule has 1 atom stereocenters. The van der Waals surface area contributed by atoms with Gasteiger partial charge in [-0.3, -0.25) is 0 Å². The van der Waals surface area contributed by atoms with Crippen LogP contribution in [0.1, 0.15) is 29.5 Å². The van der Waals surface area contributed by atoms with Crippen LogP contribution in [0.2, 0.25) is 0 Å². The Bertz CT molecular complexity index is 306. The van der Waals surface area contributed by atoms with Crippen LogP contribution in [0.15, 0.2) is 0 Å². The predicted molar refractivity (Wildman–Crippen MR) is 56.3 cm³/mol. The summed E-state index contributed by atoms with van der Waals surface area (Å²) >= 11 is 1.74. The lowest BCUT2D eigenvalue weighted by molar-refractivity contribution is 0.573. The summed E-state index contributed by atoms with van der Waals surface area (Å²) in [5, 5.41) is 1.09. The van der Waals surface area contributed by atoms with Gasteiger partial charge in [-0.05, 0) is 19.3 Å². The summed E-state index contributed by atoms with van der Waals surface area (Å²) in [5.41, 5.74) is 7.24. The first-order chi connectivity index (χ1) is 6.18. The van der Waals surface area contributed by atoms with Gasteiger partial charge in [0.2, 0.25) is 0 Å². The molecule has 13 heavy (non-hydrogen) atoms. The zero-order valence-corrected chi connectivity index (χ0v) is 8.90. The molecule has 0 amide bonds. The third-order valence-electron chi connectivity index (χ3n) is 2.36. The highest BCUT2D eigenvalue weighted by Gasteiger charge is 2.21. The summed E-state index contributed by atoms with van der Waals surface area (Å²) in [6, 6.07) is 0.231. The molecule has 0 fully saturated rings. The fourth-order valence-corrected chi connectivity index (χ4v) is 2.70. The Morgan fingerprint density at radius 2 is 2.31 bits per heavy atom. The maximum atomic E-state index is 6.01. The molecule has 1 heterocycles. The van der Waals surface area contributed by atoms with Crippen LogP contribution < -0.4 is 10.6 Å². The molecule has 1 aromatic heterocycles. The molecule has 72 valence electrons. The van der Waals surface area contributed by atoms with Crippen LogP contribution in [0.5, 0.6) is 0 Å². The van der Waals surface area contributed by atoms with Gasteiger partial charge in [0, 0.05) is 25.0 Å². The molecule has 0 bridgehead atoms. The minimum absolute atomic E-state index is 0.231. The Hall–Kier alpha value is -0.610. The van der Waals surface area contributed by atoms with Gasteiger partial charge in [-0.25, -0.2) is 4.98 Å². The average molecular weight is 197 g/mol. The van der Waals surface area contributed by atoms with Gasteiger partial charge < -0.3 is 10.6 Å². The average Bonchev–Trinajstić information content (AvgIpc) is 2.49. The molecule has 1 aliphatic rings. The van der Waals surface area contributed by atoms with Crippen molar-refractivity contribution >= 4 is 16.5 Å². The Morgan fingerprint density at radius 3 is 2.92 bits per heavy atom. The third kappa shape index (κ3) is 1.56. The molecule has 2 rings (SSSR count). The maximum Gasteiger partial charge on any atom is 0.185 e. The SMILES string of the molecule is CN(C)c1nc2c(s1)C(N)CCC2. The van der Waals surface area contributed by atoms with Crippen molar-refractivity contribution in [2.24, 2.45) is 5.73 Å². The van der Waals surface area contributed by atoms with Crippen molar-refractivity contribution in [1.82, 2.24) is 4.98 Å². The number of thiazole rings is 1. The number of nitrogens with two attached hydrogens (primary N) is 1. The van der Waals surface area contributed by atoms with Gasteiger partial charge >= 0.3 is 0 Å².